The van der Waals surface area contributed by atoms with Gasteiger partial charge in [-0.2, -0.15) is 5.12 Å². The molecule has 3 aromatic carbocycles. The molecule has 0 aliphatic rings. The van der Waals surface area contributed by atoms with Gasteiger partial charge in [-0.15, -0.1) is 0 Å². The Labute approximate surface area is 191 Å². The Morgan fingerprint density at radius 1 is 0.485 bits per heavy atom. The van der Waals surface area contributed by atoms with Gasteiger partial charge in [-0.25, -0.2) is 10.9 Å². The average molecular weight is 456 g/mol. The number of phenolic OH excluding ortho intramolecular Hbond substituents is 6. The van der Waals surface area contributed by atoms with Crippen molar-refractivity contribution in [3.8, 4) is 34.5 Å². The first-order valence-corrected chi connectivity index (χ1v) is 10.6. The topological polar surface area (TPSA) is 149 Å². The van der Waals surface area contributed by atoms with Gasteiger partial charge in [0.05, 0.1) is 0 Å². The molecular formula is C24H29N3O6. The molecule has 0 saturated carbocycles. The molecule has 0 bridgehead atoms. The molecule has 0 aliphatic carbocycles. The number of phenols is 6. The minimum atomic E-state index is -0.167. The van der Waals surface area contributed by atoms with Crippen LogP contribution >= 0.6 is 0 Å². The van der Waals surface area contributed by atoms with E-state index in [2.05, 4.69) is 10.9 Å². The summed E-state index contributed by atoms with van der Waals surface area (Å²) in [6, 6.07) is 14.1. The molecule has 8 N–H and O–H groups in total. The molecule has 0 saturated heterocycles. The van der Waals surface area contributed by atoms with E-state index in [0.29, 0.717) is 38.9 Å². The lowest BCUT2D eigenvalue weighted by atomic mass is 10.1. The Balaban J connectivity index is 1.56. The van der Waals surface area contributed by atoms with Crippen molar-refractivity contribution in [1.29, 1.82) is 0 Å². The van der Waals surface area contributed by atoms with Crippen molar-refractivity contribution in [2.75, 3.05) is 19.6 Å². The SMILES string of the molecule is Oc1ccc(CCNN(CCc2ccc(O)c(O)c2)NCCc2ccc(O)c(O)c2)cc1O. The Morgan fingerprint density at radius 3 is 1.21 bits per heavy atom. The maximum atomic E-state index is 9.71. The summed E-state index contributed by atoms with van der Waals surface area (Å²) in [7, 11) is 0. The first-order valence-electron chi connectivity index (χ1n) is 10.6. The number of nitrogens with zero attached hydrogens (tertiary/aromatic N) is 1. The fraction of sp³-hybridized carbons (Fsp3) is 0.250. The number of aromatic hydroxyl groups is 6. The molecule has 3 rings (SSSR count). The first kappa shape index (κ1) is 24.0. The zero-order chi connectivity index (χ0) is 23.8. The Hall–Kier alpha value is -3.66. The minimum Gasteiger partial charge on any atom is -0.504 e. The molecule has 0 radical (unpaired) electrons. The standard InChI is InChI=1S/C24H29N3O6/c28-19-4-1-16(13-22(19)31)7-10-25-27(12-9-18-3-6-21(30)24(33)15-18)26-11-8-17-2-5-20(29)23(32)14-17/h1-6,13-15,25-26,28-33H,7-12H2. The van der Waals surface area contributed by atoms with Gasteiger partial charge in [0, 0.05) is 19.6 Å². The Morgan fingerprint density at radius 2 is 0.848 bits per heavy atom. The molecule has 9 heteroatoms. The molecule has 0 aliphatic heterocycles. The van der Waals surface area contributed by atoms with Gasteiger partial charge >= 0.3 is 0 Å². The van der Waals surface area contributed by atoms with Gasteiger partial charge in [0.1, 0.15) is 0 Å². The van der Waals surface area contributed by atoms with Crippen molar-refractivity contribution >= 4 is 0 Å². The van der Waals surface area contributed by atoms with Crippen LogP contribution in [0, 0.1) is 0 Å². The second-order valence-corrected chi connectivity index (χ2v) is 7.69. The van der Waals surface area contributed by atoms with Gasteiger partial charge in [0.25, 0.3) is 0 Å². The van der Waals surface area contributed by atoms with Crippen molar-refractivity contribution in [2.24, 2.45) is 0 Å². The lowest BCUT2D eigenvalue weighted by Gasteiger charge is -2.24. The van der Waals surface area contributed by atoms with Crippen molar-refractivity contribution in [3.05, 3.63) is 71.3 Å². The largest absolute Gasteiger partial charge is 0.504 e. The molecule has 176 valence electrons. The average Bonchev–Trinajstić information content (AvgIpc) is 2.78. The molecule has 0 unspecified atom stereocenters. The fourth-order valence-corrected chi connectivity index (χ4v) is 3.30. The summed E-state index contributed by atoms with van der Waals surface area (Å²) < 4.78 is 0. The molecule has 0 aromatic heterocycles. The molecule has 0 heterocycles. The second-order valence-electron chi connectivity index (χ2n) is 7.69. The molecule has 9 nitrogen and oxygen atoms in total. The van der Waals surface area contributed by atoms with Crippen LogP contribution in [0.3, 0.4) is 0 Å². The van der Waals surface area contributed by atoms with E-state index < -0.39 is 0 Å². The van der Waals surface area contributed by atoms with E-state index in [1.807, 2.05) is 5.12 Å². The summed E-state index contributed by atoms with van der Waals surface area (Å²) in [5.41, 5.74) is 9.14. The third-order valence-electron chi connectivity index (χ3n) is 5.18. The predicted octanol–water partition coefficient (Wildman–Crippen LogP) is 2.26. The monoisotopic (exact) mass is 455 g/mol. The van der Waals surface area contributed by atoms with E-state index in [9.17, 15) is 30.6 Å². The van der Waals surface area contributed by atoms with Crippen molar-refractivity contribution in [2.45, 2.75) is 19.3 Å². The van der Waals surface area contributed by atoms with E-state index in [1.165, 1.54) is 36.4 Å². The smallest absolute Gasteiger partial charge is 0.157 e. The molecule has 0 atom stereocenters. The van der Waals surface area contributed by atoms with Crippen molar-refractivity contribution in [3.63, 3.8) is 0 Å². The zero-order valence-electron chi connectivity index (χ0n) is 18.1. The van der Waals surface area contributed by atoms with Crippen LogP contribution in [0.25, 0.3) is 0 Å². The van der Waals surface area contributed by atoms with Crippen LogP contribution < -0.4 is 10.9 Å². The number of nitrogens with one attached hydrogen (secondary N) is 2. The molecular weight excluding hydrogens is 426 g/mol. The molecule has 0 fully saturated rings. The number of hydrogen-bond donors (Lipinski definition) is 8. The van der Waals surface area contributed by atoms with Crippen LogP contribution in [0.1, 0.15) is 16.7 Å². The second kappa shape index (κ2) is 11.3. The summed E-state index contributed by atoms with van der Waals surface area (Å²) in [6.45, 7) is 1.65. The number of rotatable bonds is 11. The molecule has 33 heavy (non-hydrogen) atoms. The highest BCUT2D eigenvalue weighted by Gasteiger charge is 2.08. The van der Waals surface area contributed by atoms with Gasteiger partial charge in [-0.1, -0.05) is 18.2 Å². The Bertz CT molecular complexity index is 1020. The number of hydrazine groups is 2. The quantitative estimate of drug-likeness (QED) is 0.161. The Kier molecular flexibility index (Phi) is 8.20. The van der Waals surface area contributed by atoms with Crippen LogP contribution in [0.4, 0.5) is 0 Å². The summed E-state index contributed by atoms with van der Waals surface area (Å²) >= 11 is 0. The van der Waals surface area contributed by atoms with Crippen LogP contribution in [0.5, 0.6) is 34.5 Å². The minimum absolute atomic E-state index is 0.160. The highest BCUT2D eigenvalue weighted by molar-refractivity contribution is 5.42. The van der Waals surface area contributed by atoms with Crippen molar-refractivity contribution in [1.82, 2.24) is 16.0 Å². The van der Waals surface area contributed by atoms with Crippen LogP contribution in [-0.2, 0) is 19.3 Å². The molecule has 0 amide bonds. The summed E-state index contributed by atoms with van der Waals surface area (Å²) in [5, 5.41) is 59.2. The maximum Gasteiger partial charge on any atom is 0.157 e. The number of benzene rings is 3. The summed E-state index contributed by atoms with van der Waals surface area (Å²) in [5.74, 6) is -0.973. The van der Waals surface area contributed by atoms with E-state index >= 15 is 0 Å². The van der Waals surface area contributed by atoms with Crippen LogP contribution in [0.15, 0.2) is 54.6 Å². The first-order chi connectivity index (χ1) is 15.8. The van der Waals surface area contributed by atoms with Crippen molar-refractivity contribution < 1.29 is 30.6 Å². The van der Waals surface area contributed by atoms with Gasteiger partial charge < -0.3 is 30.6 Å². The third kappa shape index (κ3) is 7.18. The predicted molar refractivity (Wildman–Crippen MR) is 123 cm³/mol. The maximum absolute atomic E-state index is 9.71. The van der Waals surface area contributed by atoms with Gasteiger partial charge in [0.15, 0.2) is 34.5 Å². The van der Waals surface area contributed by atoms with E-state index in [-0.39, 0.29) is 34.5 Å². The molecule has 0 spiro atoms. The van der Waals surface area contributed by atoms with Crippen LogP contribution in [-0.4, -0.2) is 55.4 Å². The normalized spacial score (nSPS) is 11.2. The van der Waals surface area contributed by atoms with Gasteiger partial charge in [-0.3, -0.25) is 0 Å². The van der Waals surface area contributed by atoms with E-state index in [4.69, 9.17) is 0 Å². The fourth-order valence-electron chi connectivity index (χ4n) is 3.30. The lowest BCUT2D eigenvalue weighted by Crippen LogP contribution is -2.50. The third-order valence-corrected chi connectivity index (χ3v) is 5.18. The van der Waals surface area contributed by atoms with E-state index in [0.717, 1.165) is 16.7 Å². The zero-order valence-corrected chi connectivity index (χ0v) is 18.1. The lowest BCUT2D eigenvalue weighted by molar-refractivity contribution is 0.117. The number of hydrogen-bond acceptors (Lipinski definition) is 9. The highest BCUT2D eigenvalue weighted by Crippen LogP contribution is 2.26. The van der Waals surface area contributed by atoms with Gasteiger partial charge in [-0.05, 0) is 72.4 Å². The van der Waals surface area contributed by atoms with Crippen LogP contribution in [0.2, 0.25) is 0 Å². The summed E-state index contributed by atoms with van der Waals surface area (Å²) in [6.07, 6.45) is 1.81. The summed E-state index contributed by atoms with van der Waals surface area (Å²) in [4.78, 5) is 0. The highest BCUT2D eigenvalue weighted by atomic mass is 16.3. The van der Waals surface area contributed by atoms with Gasteiger partial charge in [0.2, 0.25) is 0 Å². The van der Waals surface area contributed by atoms with E-state index in [1.54, 1.807) is 18.2 Å². The molecule has 3 aromatic rings.